The second kappa shape index (κ2) is 8.09. The maximum Gasteiger partial charge on any atom is 0.534 e. The number of halogens is 3. The molecule has 1 heterocycles. The third-order valence-corrected chi connectivity index (χ3v) is 7.00. The van der Waals surface area contributed by atoms with Crippen molar-refractivity contribution in [3.05, 3.63) is 29.3 Å². The van der Waals surface area contributed by atoms with Gasteiger partial charge in [-0.25, -0.2) is 4.99 Å². The number of alkyl halides is 3. The van der Waals surface area contributed by atoms with Crippen LogP contribution >= 0.6 is 0 Å². The lowest BCUT2D eigenvalue weighted by Gasteiger charge is -2.53. The fourth-order valence-electron chi connectivity index (χ4n) is 4.44. The fraction of sp³-hybridized carbons (Fsp3) is 0.600. The molecule has 1 saturated heterocycles. The number of fused-ring (bicyclic) bond motifs is 2. The summed E-state index contributed by atoms with van der Waals surface area (Å²) in [4.78, 5) is 10.6. The van der Waals surface area contributed by atoms with Gasteiger partial charge in [-0.05, 0) is 48.4 Å². The summed E-state index contributed by atoms with van der Waals surface area (Å²) in [5.74, 6) is -0.490. The molecule has 1 fully saturated rings. The topological polar surface area (TPSA) is 80.6 Å². The van der Waals surface area contributed by atoms with Gasteiger partial charge in [0.15, 0.2) is 0 Å². The number of hydrogen-bond acceptors (Lipinski definition) is 5. The van der Waals surface area contributed by atoms with Crippen molar-refractivity contribution in [2.45, 2.75) is 37.7 Å². The zero-order valence-corrected chi connectivity index (χ0v) is 18.6. The van der Waals surface area contributed by atoms with Crippen molar-refractivity contribution >= 4 is 22.8 Å². The Hall–Kier alpha value is -2.14. The van der Waals surface area contributed by atoms with Crippen LogP contribution in [0.2, 0.25) is 0 Å². The Bertz CT molecular complexity index is 994. The first kappa shape index (κ1) is 23.5. The molecule has 172 valence electrons. The van der Waals surface area contributed by atoms with Crippen LogP contribution in [0.25, 0.3) is 0 Å². The van der Waals surface area contributed by atoms with Crippen LogP contribution in [0, 0.1) is 11.3 Å². The standard InChI is InChI=1S/C20H26F3N3O4S/c1-18-7-8-29-11-17(18)19(2,25-12-24-13-26(3)4)16-9-15(6-5-14(16)10-18)30-31(27,28)20(21,22)23/h5-6,9,12-13,17H,7-8,10-11H2,1-4H3/t17?,18-,19?/m0/s1. The molecule has 0 amide bonds. The van der Waals surface area contributed by atoms with Crippen LogP contribution in [0.3, 0.4) is 0 Å². The molecule has 0 bridgehead atoms. The summed E-state index contributed by atoms with van der Waals surface area (Å²) in [5.41, 5.74) is -5.06. The first-order chi connectivity index (χ1) is 14.3. The molecule has 3 rings (SSSR count). The van der Waals surface area contributed by atoms with Gasteiger partial charge >= 0.3 is 15.6 Å². The first-order valence-corrected chi connectivity index (χ1v) is 11.1. The van der Waals surface area contributed by atoms with Crippen LogP contribution in [0.4, 0.5) is 13.2 Å². The van der Waals surface area contributed by atoms with Crippen molar-refractivity contribution in [3.8, 4) is 5.75 Å². The van der Waals surface area contributed by atoms with Crippen molar-refractivity contribution in [3.63, 3.8) is 0 Å². The molecule has 11 heteroatoms. The Morgan fingerprint density at radius 3 is 2.65 bits per heavy atom. The minimum atomic E-state index is -5.77. The normalized spacial score (nSPS) is 29.1. The van der Waals surface area contributed by atoms with Crippen LogP contribution in [0.1, 0.15) is 31.4 Å². The van der Waals surface area contributed by atoms with E-state index >= 15 is 0 Å². The molecule has 0 aromatic heterocycles. The van der Waals surface area contributed by atoms with Crippen LogP contribution in [-0.2, 0) is 26.8 Å². The van der Waals surface area contributed by atoms with Crippen molar-refractivity contribution < 1.29 is 30.5 Å². The van der Waals surface area contributed by atoms with Gasteiger partial charge in [-0.2, -0.15) is 21.6 Å². The van der Waals surface area contributed by atoms with Gasteiger partial charge in [-0.3, -0.25) is 4.99 Å². The number of hydrogen-bond donors (Lipinski definition) is 0. The van der Waals surface area contributed by atoms with Gasteiger partial charge in [0.05, 0.1) is 18.5 Å². The molecule has 1 aromatic carbocycles. The Balaban J connectivity index is 2.08. The summed E-state index contributed by atoms with van der Waals surface area (Å²) in [6.45, 7) is 5.06. The van der Waals surface area contributed by atoms with E-state index in [0.29, 0.717) is 25.2 Å². The zero-order valence-electron chi connectivity index (χ0n) is 17.8. The third kappa shape index (κ3) is 4.57. The summed E-state index contributed by atoms with van der Waals surface area (Å²) in [7, 11) is -2.15. The number of nitrogens with zero attached hydrogens (tertiary/aromatic N) is 3. The maximum atomic E-state index is 12.8. The van der Waals surface area contributed by atoms with E-state index < -0.39 is 26.9 Å². The smallest absolute Gasteiger partial charge is 0.381 e. The van der Waals surface area contributed by atoms with Gasteiger partial charge < -0.3 is 13.8 Å². The van der Waals surface area contributed by atoms with Crippen LogP contribution in [0.15, 0.2) is 28.2 Å². The quantitative estimate of drug-likeness (QED) is 0.291. The molecule has 0 N–H and O–H groups in total. The maximum absolute atomic E-state index is 12.8. The highest BCUT2D eigenvalue weighted by Crippen LogP contribution is 2.55. The highest BCUT2D eigenvalue weighted by Gasteiger charge is 2.53. The molecular weight excluding hydrogens is 435 g/mol. The molecule has 2 aliphatic rings. The van der Waals surface area contributed by atoms with E-state index in [1.54, 1.807) is 17.3 Å². The Kier molecular flexibility index (Phi) is 6.13. The van der Waals surface area contributed by atoms with Gasteiger partial charge in [-0.1, -0.05) is 13.0 Å². The average molecular weight is 462 g/mol. The minimum Gasteiger partial charge on any atom is -0.381 e. The van der Waals surface area contributed by atoms with Gasteiger partial charge in [-0.15, -0.1) is 0 Å². The van der Waals surface area contributed by atoms with E-state index in [1.807, 2.05) is 21.0 Å². The van der Waals surface area contributed by atoms with E-state index in [0.717, 1.165) is 12.0 Å². The molecule has 7 nitrogen and oxygen atoms in total. The molecule has 31 heavy (non-hydrogen) atoms. The highest BCUT2D eigenvalue weighted by atomic mass is 32.2. The average Bonchev–Trinajstić information content (AvgIpc) is 2.64. The molecule has 0 spiro atoms. The molecule has 0 saturated carbocycles. The predicted octanol–water partition coefficient (Wildman–Crippen LogP) is 3.35. The lowest BCUT2D eigenvalue weighted by molar-refractivity contribution is -0.0707. The highest BCUT2D eigenvalue weighted by molar-refractivity contribution is 7.88. The van der Waals surface area contributed by atoms with Crippen molar-refractivity contribution in [1.29, 1.82) is 0 Å². The second-order valence-corrected chi connectivity index (χ2v) is 10.2. The van der Waals surface area contributed by atoms with Crippen molar-refractivity contribution in [2.75, 3.05) is 27.3 Å². The molecule has 2 unspecified atom stereocenters. The Labute approximate surface area is 180 Å². The number of rotatable bonds is 5. The van der Waals surface area contributed by atoms with E-state index in [-0.39, 0.29) is 11.3 Å². The van der Waals surface area contributed by atoms with E-state index in [1.165, 1.54) is 18.5 Å². The van der Waals surface area contributed by atoms with E-state index in [2.05, 4.69) is 21.1 Å². The monoisotopic (exact) mass is 461 g/mol. The third-order valence-electron chi connectivity index (χ3n) is 6.02. The zero-order chi connectivity index (χ0) is 23.1. The largest absolute Gasteiger partial charge is 0.534 e. The van der Waals surface area contributed by atoms with Gasteiger partial charge in [0.2, 0.25) is 0 Å². The predicted molar refractivity (Wildman–Crippen MR) is 111 cm³/mol. The lowest BCUT2D eigenvalue weighted by atomic mass is 9.56. The van der Waals surface area contributed by atoms with Gasteiger partial charge in [0.1, 0.15) is 12.1 Å². The molecule has 0 radical (unpaired) electrons. The molecular formula is C20H26F3N3O4S. The van der Waals surface area contributed by atoms with Crippen molar-refractivity contribution in [1.82, 2.24) is 4.90 Å². The van der Waals surface area contributed by atoms with Crippen LogP contribution < -0.4 is 4.18 Å². The summed E-state index contributed by atoms with van der Waals surface area (Å²) >= 11 is 0. The number of aliphatic imine (C=N–C) groups is 2. The molecule has 1 aromatic rings. The summed E-state index contributed by atoms with van der Waals surface area (Å²) in [5, 5.41) is 0. The Morgan fingerprint density at radius 1 is 1.29 bits per heavy atom. The van der Waals surface area contributed by atoms with Gasteiger partial charge in [0.25, 0.3) is 0 Å². The first-order valence-electron chi connectivity index (χ1n) is 9.74. The lowest BCUT2D eigenvalue weighted by Crippen LogP contribution is -2.52. The van der Waals surface area contributed by atoms with E-state index in [9.17, 15) is 21.6 Å². The summed E-state index contributed by atoms with van der Waals surface area (Å²) in [6, 6.07) is 4.20. The van der Waals surface area contributed by atoms with Gasteiger partial charge in [0, 0.05) is 26.6 Å². The van der Waals surface area contributed by atoms with Crippen LogP contribution in [0.5, 0.6) is 5.75 Å². The fourth-order valence-corrected chi connectivity index (χ4v) is 4.89. The second-order valence-electron chi connectivity index (χ2n) is 8.63. The van der Waals surface area contributed by atoms with Crippen molar-refractivity contribution in [2.24, 2.45) is 21.3 Å². The minimum absolute atomic E-state index is 0.0819. The van der Waals surface area contributed by atoms with E-state index in [4.69, 9.17) is 4.74 Å². The molecule has 3 atom stereocenters. The summed E-state index contributed by atoms with van der Waals surface area (Å²) < 4.78 is 71.4. The number of benzene rings is 1. The molecule has 1 aliphatic heterocycles. The number of ether oxygens (including phenoxy) is 1. The Morgan fingerprint density at radius 2 is 2.00 bits per heavy atom. The SMILES string of the molecule is CN(C)C=NC=NC1(C)c2cc(OS(=O)(=O)C(F)(F)F)ccc2C[C@]2(C)CCOCC12. The van der Waals surface area contributed by atoms with Crippen LogP contribution in [-0.4, -0.2) is 58.8 Å². The summed E-state index contributed by atoms with van der Waals surface area (Å²) in [6.07, 6.45) is 4.46. The molecule has 1 aliphatic carbocycles.